The summed E-state index contributed by atoms with van der Waals surface area (Å²) in [6.45, 7) is 0.891. The van der Waals surface area contributed by atoms with Crippen molar-refractivity contribution in [1.29, 1.82) is 0 Å². The van der Waals surface area contributed by atoms with Gasteiger partial charge >= 0.3 is 0 Å². The topological polar surface area (TPSA) is 38.5 Å². The lowest BCUT2D eigenvalue weighted by atomic mass is 9.73. The first-order valence-corrected chi connectivity index (χ1v) is 6.92. The molecule has 98 valence electrons. The van der Waals surface area contributed by atoms with Gasteiger partial charge in [-0.05, 0) is 44.2 Å². The monoisotopic (exact) mass is 246 g/mol. The summed E-state index contributed by atoms with van der Waals surface area (Å²) in [6, 6.07) is 8.69. The van der Waals surface area contributed by atoms with Crippen LogP contribution in [-0.4, -0.2) is 25.3 Å². The Bertz CT molecular complexity index is 428. The van der Waals surface area contributed by atoms with Gasteiger partial charge in [-0.3, -0.25) is 0 Å². The number of nitrogens with two attached hydrogens (primary N) is 1. The molecular formula is C15H22N2O. The fourth-order valence-electron chi connectivity index (χ4n) is 3.26. The largest absolute Gasteiger partial charge is 0.397 e. The second kappa shape index (κ2) is 4.47. The Hall–Kier alpha value is -1.22. The maximum Gasteiger partial charge on any atom is 0.0702 e. The van der Waals surface area contributed by atoms with E-state index in [0.29, 0.717) is 6.04 Å². The van der Waals surface area contributed by atoms with Crippen molar-refractivity contribution in [2.75, 3.05) is 24.3 Å². The normalized spacial score (nSPS) is 25.7. The van der Waals surface area contributed by atoms with E-state index in [1.54, 1.807) is 0 Å². The van der Waals surface area contributed by atoms with Crippen LogP contribution in [-0.2, 0) is 4.74 Å². The molecule has 1 aliphatic carbocycles. The van der Waals surface area contributed by atoms with Gasteiger partial charge in [-0.1, -0.05) is 12.1 Å². The van der Waals surface area contributed by atoms with Crippen molar-refractivity contribution in [2.24, 2.45) is 0 Å². The van der Waals surface area contributed by atoms with E-state index in [9.17, 15) is 0 Å². The van der Waals surface area contributed by atoms with Crippen molar-refractivity contribution in [2.45, 2.75) is 43.7 Å². The Kier molecular flexibility index (Phi) is 2.94. The smallest absolute Gasteiger partial charge is 0.0702 e. The van der Waals surface area contributed by atoms with E-state index in [1.807, 2.05) is 12.1 Å². The van der Waals surface area contributed by atoms with Crippen molar-refractivity contribution in [3.63, 3.8) is 0 Å². The Morgan fingerprint density at radius 3 is 2.78 bits per heavy atom. The summed E-state index contributed by atoms with van der Waals surface area (Å²) in [5, 5.41) is 0. The van der Waals surface area contributed by atoms with E-state index in [4.69, 9.17) is 10.5 Å². The third-order valence-electron chi connectivity index (χ3n) is 4.60. The molecule has 2 fully saturated rings. The molecule has 1 heterocycles. The van der Waals surface area contributed by atoms with E-state index < -0.39 is 0 Å². The molecule has 1 aliphatic heterocycles. The molecule has 1 saturated heterocycles. The van der Waals surface area contributed by atoms with Gasteiger partial charge < -0.3 is 15.4 Å². The molecule has 3 heteroatoms. The SMILES string of the molecule is CN(c1ccccc1N)C1CCOC2(CCC2)C1. The van der Waals surface area contributed by atoms with Crippen LogP contribution in [0, 0.1) is 0 Å². The standard InChI is InChI=1S/C15H22N2O/c1-17(14-6-3-2-5-13(14)16)12-7-10-18-15(11-12)8-4-9-15/h2-3,5-6,12H,4,7-11,16H2,1H3. The number of hydrogen-bond acceptors (Lipinski definition) is 3. The first-order chi connectivity index (χ1) is 8.70. The zero-order valence-corrected chi connectivity index (χ0v) is 11.1. The quantitative estimate of drug-likeness (QED) is 0.815. The zero-order valence-electron chi connectivity index (χ0n) is 11.1. The van der Waals surface area contributed by atoms with E-state index in [0.717, 1.165) is 30.8 Å². The summed E-state index contributed by atoms with van der Waals surface area (Å²) in [7, 11) is 2.16. The summed E-state index contributed by atoms with van der Waals surface area (Å²) < 4.78 is 5.99. The van der Waals surface area contributed by atoms with Gasteiger partial charge in [0.2, 0.25) is 0 Å². The summed E-state index contributed by atoms with van der Waals surface area (Å²) in [5.41, 5.74) is 8.29. The fourth-order valence-corrected chi connectivity index (χ4v) is 3.26. The molecule has 0 radical (unpaired) electrons. The molecule has 1 aromatic rings. The molecule has 3 nitrogen and oxygen atoms in total. The van der Waals surface area contributed by atoms with Crippen molar-refractivity contribution in [3.8, 4) is 0 Å². The van der Waals surface area contributed by atoms with E-state index in [-0.39, 0.29) is 5.60 Å². The lowest BCUT2D eigenvalue weighted by molar-refractivity contribution is -0.132. The van der Waals surface area contributed by atoms with Crippen LogP contribution in [0.1, 0.15) is 32.1 Å². The van der Waals surface area contributed by atoms with Gasteiger partial charge in [-0.15, -0.1) is 0 Å². The zero-order chi connectivity index (χ0) is 12.6. The minimum atomic E-state index is 0.195. The Balaban J connectivity index is 1.76. The minimum Gasteiger partial charge on any atom is -0.397 e. The van der Waals surface area contributed by atoms with Crippen LogP contribution >= 0.6 is 0 Å². The lowest BCUT2D eigenvalue weighted by Gasteiger charge is -2.49. The third kappa shape index (κ3) is 1.97. The predicted molar refractivity (Wildman–Crippen MR) is 74.8 cm³/mol. The molecule has 1 saturated carbocycles. The molecule has 0 bridgehead atoms. The van der Waals surface area contributed by atoms with Crippen LogP contribution in [0.15, 0.2) is 24.3 Å². The molecule has 1 unspecified atom stereocenters. The summed E-state index contributed by atoms with van der Waals surface area (Å²) >= 11 is 0. The molecule has 2 aliphatic rings. The van der Waals surface area contributed by atoms with Crippen LogP contribution in [0.2, 0.25) is 0 Å². The van der Waals surface area contributed by atoms with Crippen molar-refractivity contribution in [1.82, 2.24) is 0 Å². The fraction of sp³-hybridized carbons (Fsp3) is 0.600. The van der Waals surface area contributed by atoms with E-state index in [1.165, 1.54) is 19.3 Å². The molecule has 1 spiro atoms. The number of nitrogens with zero attached hydrogens (tertiary/aromatic N) is 1. The summed E-state index contributed by atoms with van der Waals surface area (Å²) in [6.07, 6.45) is 6.05. The molecular weight excluding hydrogens is 224 g/mol. The Morgan fingerprint density at radius 1 is 1.33 bits per heavy atom. The lowest BCUT2D eigenvalue weighted by Crippen LogP contribution is -2.51. The number of ether oxygens (including phenoxy) is 1. The summed E-state index contributed by atoms with van der Waals surface area (Å²) in [4.78, 5) is 2.35. The number of nitrogen functional groups attached to an aromatic ring is 1. The number of rotatable bonds is 2. The Labute approximate surface area is 109 Å². The van der Waals surface area contributed by atoms with Gasteiger partial charge in [0.05, 0.1) is 17.0 Å². The number of para-hydroxylation sites is 2. The molecule has 1 atom stereocenters. The maximum atomic E-state index is 6.07. The van der Waals surface area contributed by atoms with E-state index >= 15 is 0 Å². The highest BCUT2D eigenvalue weighted by Gasteiger charge is 2.43. The first kappa shape index (κ1) is 11.8. The highest BCUT2D eigenvalue weighted by atomic mass is 16.5. The molecule has 18 heavy (non-hydrogen) atoms. The highest BCUT2D eigenvalue weighted by molar-refractivity contribution is 5.67. The molecule has 3 rings (SSSR count). The van der Waals surface area contributed by atoms with Gasteiger partial charge in [-0.25, -0.2) is 0 Å². The average molecular weight is 246 g/mol. The molecule has 0 amide bonds. The summed E-state index contributed by atoms with van der Waals surface area (Å²) in [5.74, 6) is 0. The van der Waals surface area contributed by atoms with E-state index in [2.05, 4.69) is 24.1 Å². The van der Waals surface area contributed by atoms with Crippen molar-refractivity contribution in [3.05, 3.63) is 24.3 Å². The highest BCUT2D eigenvalue weighted by Crippen LogP contribution is 2.44. The molecule has 1 aromatic carbocycles. The second-order valence-electron chi connectivity index (χ2n) is 5.70. The average Bonchev–Trinajstić information content (AvgIpc) is 2.37. The van der Waals surface area contributed by atoms with Crippen LogP contribution in [0.4, 0.5) is 11.4 Å². The predicted octanol–water partition coefficient (Wildman–Crippen LogP) is 2.81. The maximum absolute atomic E-state index is 6.07. The van der Waals surface area contributed by atoms with Gasteiger partial charge in [0.1, 0.15) is 0 Å². The van der Waals surface area contributed by atoms with Crippen molar-refractivity contribution < 1.29 is 4.74 Å². The van der Waals surface area contributed by atoms with Crippen LogP contribution in [0.25, 0.3) is 0 Å². The first-order valence-electron chi connectivity index (χ1n) is 6.92. The number of hydrogen-bond donors (Lipinski definition) is 1. The Morgan fingerprint density at radius 2 is 2.11 bits per heavy atom. The molecule has 2 N–H and O–H groups in total. The number of anilines is 2. The number of benzene rings is 1. The minimum absolute atomic E-state index is 0.195. The second-order valence-corrected chi connectivity index (χ2v) is 5.70. The van der Waals surface area contributed by atoms with Crippen LogP contribution in [0.5, 0.6) is 0 Å². The van der Waals surface area contributed by atoms with Crippen LogP contribution < -0.4 is 10.6 Å². The van der Waals surface area contributed by atoms with Crippen molar-refractivity contribution >= 4 is 11.4 Å². The molecule has 0 aromatic heterocycles. The van der Waals surface area contributed by atoms with Gasteiger partial charge in [0.15, 0.2) is 0 Å². The van der Waals surface area contributed by atoms with Crippen LogP contribution in [0.3, 0.4) is 0 Å². The van der Waals surface area contributed by atoms with Gasteiger partial charge in [-0.2, -0.15) is 0 Å². The van der Waals surface area contributed by atoms with Gasteiger partial charge in [0, 0.05) is 19.7 Å². The van der Waals surface area contributed by atoms with Gasteiger partial charge in [0.25, 0.3) is 0 Å². The third-order valence-corrected chi connectivity index (χ3v) is 4.60.